The van der Waals surface area contributed by atoms with Crippen LogP contribution in [0.25, 0.3) is 10.6 Å². The Kier molecular flexibility index (Phi) is 4.32. The summed E-state index contributed by atoms with van der Waals surface area (Å²) in [5, 5.41) is 4.79. The minimum atomic E-state index is -1.06. The zero-order chi connectivity index (χ0) is 15.7. The Labute approximate surface area is 140 Å². The molecule has 8 heteroatoms. The van der Waals surface area contributed by atoms with E-state index >= 15 is 0 Å². The van der Waals surface area contributed by atoms with Gasteiger partial charge in [-0.3, -0.25) is 10.1 Å². The minimum absolute atomic E-state index is 0.0366. The number of aromatic nitrogens is 1. The molecule has 0 aliphatic heterocycles. The Hall–Kier alpha value is -1.64. The number of hydrogen-bond donors (Lipinski definition) is 1. The first-order valence-corrected chi connectivity index (χ1v) is 8.49. The molecule has 2 heterocycles. The summed E-state index contributed by atoms with van der Waals surface area (Å²) in [5.74, 6) is -2.58. The van der Waals surface area contributed by atoms with Crippen LogP contribution in [0.15, 0.2) is 39.5 Å². The van der Waals surface area contributed by atoms with E-state index in [1.807, 2.05) is 17.5 Å². The smallest absolute Gasteiger partial charge is 0.257 e. The number of rotatable bonds is 3. The molecule has 0 atom stereocenters. The van der Waals surface area contributed by atoms with Gasteiger partial charge in [0.05, 0.1) is 14.4 Å². The second-order valence-electron chi connectivity index (χ2n) is 4.22. The molecule has 0 spiro atoms. The van der Waals surface area contributed by atoms with Crippen molar-refractivity contribution in [3.05, 3.63) is 56.7 Å². The van der Waals surface area contributed by atoms with Gasteiger partial charge < -0.3 is 0 Å². The summed E-state index contributed by atoms with van der Waals surface area (Å²) in [4.78, 5) is 17.3. The van der Waals surface area contributed by atoms with E-state index in [9.17, 15) is 13.6 Å². The Balaban J connectivity index is 1.77. The van der Waals surface area contributed by atoms with Crippen LogP contribution in [0.1, 0.15) is 10.4 Å². The number of carbonyl (C=O) groups excluding carboxylic acids is 1. The Morgan fingerprint density at radius 1 is 1.18 bits per heavy atom. The maximum atomic E-state index is 13.1. The summed E-state index contributed by atoms with van der Waals surface area (Å²) in [7, 11) is 0. The van der Waals surface area contributed by atoms with E-state index in [2.05, 4.69) is 26.2 Å². The summed E-state index contributed by atoms with van der Waals surface area (Å²) < 4.78 is 27.0. The molecule has 1 aromatic carbocycles. The first-order chi connectivity index (χ1) is 10.5. The van der Waals surface area contributed by atoms with Crippen molar-refractivity contribution in [2.75, 3.05) is 5.32 Å². The van der Waals surface area contributed by atoms with Gasteiger partial charge in [-0.1, -0.05) is 0 Å². The molecule has 1 amide bonds. The van der Waals surface area contributed by atoms with Crippen LogP contribution in [0.5, 0.6) is 0 Å². The molecule has 3 aromatic rings. The lowest BCUT2D eigenvalue weighted by Crippen LogP contribution is -2.12. The third kappa shape index (κ3) is 3.23. The van der Waals surface area contributed by atoms with Gasteiger partial charge in [0.15, 0.2) is 16.8 Å². The lowest BCUT2D eigenvalue weighted by atomic mass is 10.2. The van der Waals surface area contributed by atoms with Crippen LogP contribution in [0.2, 0.25) is 0 Å². The van der Waals surface area contributed by atoms with Crippen molar-refractivity contribution in [3.8, 4) is 10.6 Å². The van der Waals surface area contributed by atoms with E-state index in [1.54, 1.807) is 0 Å². The van der Waals surface area contributed by atoms with Crippen LogP contribution in [-0.2, 0) is 0 Å². The van der Waals surface area contributed by atoms with Gasteiger partial charge in [-0.15, -0.1) is 22.7 Å². The number of thiophene rings is 1. The second-order valence-corrected chi connectivity index (χ2v) is 7.55. The highest BCUT2D eigenvalue weighted by atomic mass is 79.9. The van der Waals surface area contributed by atoms with E-state index in [0.717, 1.165) is 26.5 Å². The molecule has 22 heavy (non-hydrogen) atoms. The van der Waals surface area contributed by atoms with Gasteiger partial charge in [-0.05, 0) is 46.3 Å². The average molecular weight is 401 g/mol. The maximum absolute atomic E-state index is 13.1. The van der Waals surface area contributed by atoms with Crippen molar-refractivity contribution in [2.45, 2.75) is 0 Å². The summed E-state index contributed by atoms with van der Waals surface area (Å²) in [5.41, 5.74) is 0.788. The van der Waals surface area contributed by atoms with Crippen LogP contribution in [0.4, 0.5) is 13.9 Å². The minimum Gasteiger partial charge on any atom is -0.298 e. The van der Waals surface area contributed by atoms with Crippen molar-refractivity contribution >= 4 is 49.6 Å². The molecule has 0 saturated carbocycles. The number of nitrogens with zero attached hydrogens (tertiary/aromatic N) is 1. The molecule has 0 saturated heterocycles. The highest BCUT2D eigenvalue weighted by Crippen LogP contribution is 2.33. The fraction of sp³-hybridized carbons (Fsp3) is 0. The molecule has 3 rings (SSSR count). The largest absolute Gasteiger partial charge is 0.298 e. The van der Waals surface area contributed by atoms with Crippen molar-refractivity contribution in [2.24, 2.45) is 0 Å². The number of nitrogens with one attached hydrogen (secondary N) is 1. The predicted molar refractivity (Wildman–Crippen MR) is 87.4 cm³/mol. The number of amides is 1. The van der Waals surface area contributed by atoms with Crippen molar-refractivity contribution in [1.29, 1.82) is 0 Å². The number of thiazole rings is 1. The summed E-state index contributed by atoms with van der Waals surface area (Å²) in [6, 6.07) is 6.83. The lowest BCUT2D eigenvalue weighted by Gasteiger charge is -2.02. The lowest BCUT2D eigenvalue weighted by molar-refractivity contribution is 0.102. The van der Waals surface area contributed by atoms with Crippen LogP contribution < -0.4 is 5.32 Å². The molecule has 112 valence electrons. The fourth-order valence-electron chi connectivity index (χ4n) is 1.70. The second kappa shape index (κ2) is 6.23. The number of benzene rings is 1. The number of anilines is 1. The molecule has 0 aliphatic carbocycles. The molecule has 2 aromatic heterocycles. The normalized spacial score (nSPS) is 10.7. The monoisotopic (exact) mass is 400 g/mol. The quantitative estimate of drug-likeness (QED) is 0.659. The summed E-state index contributed by atoms with van der Waals surface area (Å²) in [6.07, 6.45) is 0. The van der Waals surface area contributed by atoms with Crippen molar-refractivity contribution in [1.82, 2.24) is 4.98 Å². The Morgan fingerprint density at radius 3 is 2.68 bits per heavy atom. The maximum Gasteiger partial charge on any atom is 0.257 e. The highest BCUT2D eigenvalue weighted by Gasteiger charge is 2.13. The van der Waals surface area contributed by atoms with E-state index in [4.69, 9.17) is 0 Å². The van der Waals surface area contributed by atoms with E-state index in [-0.39, 0.29) is 5.56 Å². The molecule has 0 radical (unpaired) electrons. The highest BCUT2D eigenvalue weighted by molar-refractivity contribution is 9.11. The van der Waals surface area contributed by atoms with Gasteiger partial charge in [0, 0.05) is 10.9 Å². The Bertz CT molecular complexity index is 847. The molecular weight excluding hydrogens is 394 g/mol. The zero-order valence-electron chi connectivity index (χ0n) is 10.8. The molecule has 0 aliphatic rings. The average Bonchev–Trinajstić information content (AvgIpc) is 3.10. The molecule has 1 N–H and O–H groups in total. The predicted octanol–water partition coefficient (Wildman–Crippen LogP) is 5.16. The fourth-order valence-corrected chi connectivity index (χ4v) is 3.83. The molecule has 0 bridgehead atoms. The molecule has 3 nitrogen and oxygen atoms in total. The first-order valence-electron chi connectivity index (χ1n) is 6.00. The van der Waals surface area contributed by atoms with Gasteiger partial charge in [-0.2, -0.15) is 0 Å². The molecule has 0 fully saturated rings. The Morgan fingerprint density at radius 2 is 2.00 bits per heavy atom. The van der Waals surface area contributed by atoms with Crippen molar-refractivity contribution in [3.63, 3.8) is 0 Å². The number of halogens is 3. The topological polar surface area (TPSA) is 42.0 Å². The summed E-state index contributed by atoms with van der Waals surface area (Å²) in [6.45, 7) is 0. The van der Waals surface area contributed by atoms with Crippen LogP contribution in [-0.4, -0.2) is 10.9 Å². The number of carbonyl (C=O) groups is 1. The van der Waals surface area contributed by atoms with Gasteiger partial charge in [0.25, 0.3) is 5.91 Å². The van der Waals surface area contributed by atoms with Gasteiger partial charge >= 0.3 is 0 Å². The number of hydrogen-bond acceptors (Lipinski definition) is 4. The van der Waals surface area contributed by atoms with Crippen LogP contribution in [0, 0.1) is 11.6 Å². The van der Waals surface area contributed by atoms with E-state index in [0.29, 0.717) is 5.13 Å². The van der Waals surface area contributed by atoms with Crippen molar-refractivity contribution < 1.29 is 13.6 Å². The standard InChI is InChI=1S/C14H7BrF2N2OS2/c15-12-4-3-11(22-12)10-6-21-14(18-10)19-13(20)7-1-2-8(16)9(17)5-7/h1-6H,(H,18,19,20). The third-order valence-electron chi connectivity index (χ3n) is 2.73. The SMILES string of the molecule is O=C(Nc1nc(-c2ccc(Br)s2)cs1)c1ccc(F)c(F)c1. The van der Waals surface area contributed by atoms with Crippen LogP contribution in [0.3, 0.4) is 0 Å². The van der Waals surface area contributed by atoms with Crippen LogP contribution >= 0.6 is 38.6 Å². The van der Waals surface area contributed by atoms with E-state index in [1.165, 1.54) is 28.7 Å². The molecular formula is C14H7BrF2N2OS2. The van der Waals surface area contributed by atoms with Gasteiger partial charge in [-0.25, -0.2) is 13.8 Å². The van der Waals surface area contributed by atoms with E-state index < -0.39 is 17.5 Å². The van der Waals surface area contributed by atoms with Gasteiger partial charge in [0.2, 0.25) is 0 Å². The molecule has 0 unspecified atom stereocenters. The summed E-state index contributed by atoms with van der Waals surface area (Å²) >= 11 is 6.17. The first kappa shape index (κ1) is 15.3. The third-order valence-corrected chi connectivity index (χ3v) is 5.14. The zero-order valence-corrected chi connectivity index (χ0v) is 14.0. The van der Waals surface area contributed by atoms with Gasteiger partial charge in [0.1, 0.15) is 0 Å².